The van der Waals surface area contributed by atoms with Crippen LogP contribution in [-0.2, 0) is 4.79 Å². The van der Waals surface area contributed by atoms with Crippen molar-refractivity contribution < 1.29 is 4.79 Å². The van der Waals surface area contributed by atoms with E-state index in [0.717, 1.165) is 30.1 Å². The largest absolute Gasteiger partial charge is 0.299 e. The van der Waals surface area contributed by atoms with Crippen molar-refractivity contribution in [3.63, 3.8) is 0 Å². The lowest BCUT2D eigenvalue weighted by atomic mass is 9.44. The van der Waals surface area contributed by atoms with Gasteiger partial charge in [0.25, 0.3) is 0 Å². The van der Waals surface area contributed by atoms with Gasteiger partial charge in [0.2, 0.25) is 0 Å². The number of fused-ring (bicyclic) bond motifs is 5. The summed E-state index contributed by atoms with van der Waals surface area (Å²) < 4.78 is 0. The Morgan fingerprint density at radius 2 is 1.82 bits per heavy atom. The first kappa shape index (κ1) is 15.2. The Labute approximate surface area is 136 Å². The zero-order valence-corrected chi connectivity index (χ0v) is 14.9. The molecule has 1 heteroatoms. The third-order valence-corrected chi connectivity index (χ3v) is 8.96. The van der Waals surface area contributed by atoms with E-state index >= 15 is 0 Å². The second-order valence-corrected chi connectivity index (χ2v) is 9.61. The summed E-state index contributed by atoms with van der Waals surface area (Å²) in [6.07, 6.45) is 13.2. The zero-order valence-electron chi connectivity index (χ0n) is 14.9. The van der Waals surface area contributed by atoms with Crippen LogP contribution in [0.5, 0.6) is 0 Å². The van der Waals surface area contributed by atoms with E-state index in [1.165, 1.54) is 57.8 Å². The van der Waals surface area contributed by atoms with E-state index in [2.05, 4.69) is 20.8 Å². The van der Waals surface area contributed by atoms with Crippen molar-refractivity contribution in [3.8, 4) is 0 Å². The van der Waals surface area contributed by atoms with Crippen molar-refractivity contribution in [2.75, 3.05) is 0 Å². The quantitative estimate of drug-likeness (QED) is 0.614. The molecule has 0 bridgehead atoms. The minimum atomic E-state index is 0.338. The smallest absolute Gasteiger partial charge is 0.137 e. The lowest BCUT2D eigenvalue weighted by Crippen LogP contribution is -2.56. The van der Waals surface area contributed by atoms with Gasteiger partial charge < -0.3 is 0 Å². The van der Waals surface area contributed by atoms with E-state index in [9.17, 15) is 4.79 Å². The highest BCUT2D eigenvalue weighted by Crippen LogP contribution is 2.66. The van der Waals surface area contributed by atoms with Crippen molar-refractivity contribution in [2.45, 2.75) is 85.0 Å². The molecule has 22 heavy (non-hydrogen) atoms. The van der Waals surface area contributed by atoms with Crippen LogP contribution < -0.4 is 0 Å². The molecule has 7 atom stereocenters. The SMILES string of the molecule is CC[C@@H]1CC[C@@H]2[C@H]3CC[C@H]4CCCC[C@]4(C)[C@@H]3C(=O)C[C@]12C. The van der Waals surface area contributed by atoms with Crippen molar-refractivity contribution >= 4 is 5.78 Å². The Balaban J connectivity index is 1.69. The molecule has 0 aromatic heterocycles. The predicted molar refractivity (Wildman–Crippen MR) is 90.5 cm³/mol. The maximum atomic E-state index is 13.3. The molecular formula is C21H34O. The van der Waals surface area contributed by atoms with Gasteiger partial charge in [0, 0.05) is 12.3 Å². The van der Waals surface area contributed by atoms with Gasteiger partial charge >= 0.3 is 0 Å². The summed E-state index contributed by atoms with van der Waals surface area (Å²) in [6, 6.07) is 0. The molecule has 0 heterocycles. The standard InChI is InChI=1S/C21H34O/c1-4-14-9-11-17-16-10-8-15-7-5-6-12-20(15,2)19(16)18(22)13-21(14,17)3/h14-17,19H,4-13H2,1-3H3/t14-,15-,16-,17-,19+,20+,21-/m1/s1. The van der Waals surface area contributed by atoms with Gasteiger partial charge in [-0.25, -0.2) is 0 Å². The number of carbonyl (C=O) groups is 1. The Kier molecular flexibility index (Phi) is 3.51. The van der Waals surface area contributed by atoms with E-state index in [4.69, 9.17) is 0 Å². The monoisotopic (exact) mass is 302 g/mol. The predicted octanol–water partition coefficient (Wildman–Crippen LogP) is 5.62. The Hall–Kier alpha value is -0.330. The van der Waals surface area contributed by atoms with E-state index in [-0.39, 0.29) is 0 Å². The summed E-state index contributed by atoms with van der Waals surface area (Å²) in [7, 11) is 0. The molecule has 0 aromatic rings. The average Bonchev–Trinajstić information content (AvgIpc) is 2.82. The van der Waals surface area contributed by atoms with Gasteiger partial charge in [-0.1, -0.05) is 40.0 Å². The third kappa shape index (κ3) is 1.86. The number of ketones is 1. The normalized spacial score (nSPS) is 54.5. The van der Waals surface area contributed by atoms with E-state index in [0.29, 0.717) is 22.5 Å². The second-order valence-electron chi connectivity index (χ2n) is 9.61. The molecule has 4 aliphatic rings. The number of Topliss-reactive ketones (excluding diaryl/α,β-unsaturated/α-hetero) is 1. The van der Waals surface area contributed by atoms with Crippen LogP contribution in [0.3, 0.4) is 0 Å². The van der Waals surface area contributed by atoms with Gasteiger partial charge in [-0.15, -0.1) is 0 Å². The third-order valence-electron chi connectivity index (χ3n) is 8.96. The van der Waals surface area contributed by atoms with Gasteiger partial charge in [-0.05, 0) is 73.0 Å². The van der Waals surface area contributed by atoms with Crippen molar-refractivity contribution in [1.29, 1.82) is 0 Å². The highest BCUT2D eigenvalue weighted by Gasteiger charge is 2.62. The molecule has 0 radical (unpaired) electrons. The molecule has 0 saturated heterocycles. The number of rotatable bonds is 1. The van der Waals surface area contributed by atoms with Crippen LogP contribution in [0.25, 0.3) is 0 Å². The summed E-state index contributed by atoms with van der Waals surface area (Å²) in [5.41, 5.74) is 0.689. The van der Waals surface area contributed by atoms with Crippen LogP contribution in [0.15, 0.2) is 0 Å². The molecule has 124 valence electrons. The number of hydrogen-bond donors (Lipinski definition) is 0. The molecule has 4 rings (SSSR count). The first-order valence-electron chi connectivity index (χ1n) is 10.0. The first-order valence-corrected chi connectivity index (χ1v) is 10.0. The van der Waals surface area contributed by atoms with Crippen LogP contribution in [0, 0.1) is 40.4 Å². The van der Waals surface area contributed by atoms with Gasteiger partial charge in [0.05, 0.1) is 0 Å². The fourth-order valence-electron chi connectivity index (χ4n) is 7.88. The summed E-state index contributed by atoms with van der Waals surface area (Å²) in [5.74, 6) is 4.30. The molecule has 0 N–H and O–H groups in total. The summed E-state index contributed by atoms with van der Waals surface area (Å²) in [4.78, 5) is 13.3. The lowest BCUT2D eigenvalue weighted by molar-refractivity contribution is -0.157. The molecule has 4 fully saturated rings. The van der Waals surface area contributed by atoms with Gasteiger partial charge in [0.1, 0.15) is 5.78 Å². The lowest BCUT2D eigenvalue weighted by Gasteiger charge is -2.59. The van der Waals surface area contributed by atoms with Gasteiger partial charge in [0.15, 0.2) is 0 Å². The molecule has 0 aliphatic heterocycles. The Morgan fingerprint density at radius 3 is 2.59 bits per heavy atom. The Morgan fingerprint density at radius 1 is 1.00 bits per heavy atom. The second kappa shape index (κ2) is 5.08. The molecule has 0 amide bonds. The van der Waals surface area contributed by atoms with Gasteiger partial charge in [-0.2, -0.15) is 0 Å². The average molecular weight is 303 g/mol. The molecule has 0 spiro atoms. The minimum Gasteiger partial charge on any atom is -0.299 e. The van der Waals surface area contributed by atoms with Crippen LogP contribution in [0.2, 0.25) is 0 Å². The maximum Gasteiger partial charge on any atom is 0.137 e. The van der Waals surface area contributed by atoms with E-state index in [1.807, 2.05) is 0 Å². The summed E-state index contributed by atoms with van der Waals surface area (Å²) >= 11 is 0. The van der Waals surface area contributed by atoms with Crippen LogP contribution in [0.4, 0.5) is 0 Å². The molecule has 4 saturated carbocycles. The van der Waals surface area contributed by atoms with Crippen LogP contribution >= 0.6 is 0 Å². The molecule has 0 aromatic carbocycles. The fourth-order valence-corrected chi connectivity index (χ4v) is 7.88. The number of carbonyl (C=O) groups excluding carboxylic acids is 1. The topological polar surface area (TPSA) is 17.1 Å². The number of hydrogen-bond acceptors (Lipinski definition) is 1. The van der Waals surface area contributed by atoms with Crippen LogP contribution in [-0.4, -0.2) is 5.78 Å². The van der Waals surface area contributed by atoms with E-state index < -0.39 is 0 Å². The molecule has 1 nitrogen and oxygen atoms in total. The zero-order chi connectivity index (χ0) is 15.5. The first-order chi connectivity index (χ1) is 10.5. The highest BCUT2D eigenvalue weighted by atomic mass is 16.1. The van der Waals surface area contributed by atoms with Crippen LogP contribution in [0.1, 0.15) is 85.0 Å². The van der Waals surface area contributed by atoms with Gasteiger partial charge in [-0.3, -0.25) is 4.79 Å². The molecular weight excluding hydrogens is 268 g/mol. The van der Waals surface area contributed by atoms with Crippen molar-refractivity contribution in [3.05, 3.63) is 0 Å². The van der Waals surface area contributed by atoms with E-state index in [1.54, 1.807) is 0 Å². The van der Waals surface area contributed by atoms with Crippen molar-refractivity contribution in [1.82, 2.24) is 0 Å². The molecule has 4 aliphatic carbocycles. The maximum absolute atomic E-state index is 13.3. The minimum absolute atomic E-state index is 0.338. The summed E-state index contributed by atoms with van der Waals surface area (Å²) in [5, 5.41) is 0. The highest BCUT2D eigenvalue weighted by molar-refractivity contribution is 5.84. The van der Waals surface area contributed by atoms with Crippen molar-refractivity contribution in [2.24, 2.45) is 40.4 Å². The summed E-state index contributed by atoms with van der Waals surface area (Å²) in [6.45, 7) is 7.32. The molecule has 0 unspecified atom stereocenters. The Bertz CT molecular complexity index is 469. The fraction of sp³-hybridized carbons (Fsp3) is 0.952.